The first-order chi connectivity index (χ1) is 9.62. The van der Waals surface area contributed by atoms with Gasteiger partial charge in [-0.1, -0.05) is 13.3 Å². The van der Waals surface area contributed by atoms with Crippen molar-refractivity contribution in [1.82, 2.24) is 4.90 Å². The number of nitrogens with zero attached hydrogens (tertiary/aromatic N) is 1. The zero-order valence-electron chi connectivity index (χ0n) is 11.9. The number of nitrogens with one attached hydrogen (secondary N) is 1. The van der Waals surface area contributed by atoms with Gasteiger partial charge in [-0.15, -0.1) is 11.8 Å². The van der Waals surface area contributed by atoms with Gasteiger partial charge in [0.25, 0.3) is 0 Å². The summed E-state index contributed by atoms with van der Waals surface area (Å²) in [7, 11) is 0. The van der Waals surface area contributed by atoms with Crippen LogP contribution in [0, 0.1) is 5.82 Å². The van der Waals surface area contributed by atoms with E-state index in [0.717, 1.165) is 12.8 Å². The normalized spacial score (nSPS) is 10.4. The quantitative estimate of drug-likeness (QED) is 0.760. The maximum Gasteiger partial charge on any atom is 0.321 e. The van der Waals surface area contributed by atoms with Crippen molar-refractivity contribution in [3.05, 3.63) is 24.0 Å². The highest BCUT2D eigenvalue weighted by Gasteiger charge is 2.13. The minimum atomic E-state index is -0.349. The first-order valence-corrected chi connectivity index (χ1v) is 7.85. The van der Waals surface area contributed by atoms with Gasteiger partial charge in [0.1, 0.15) is 5.82 Å². The van der Waals surface area contributed by atoms with Crippen LogP contribution in [0.3, 0.4) is 0 Å². The number of carbonyl (C=O) groups is 1. The minimum absolute atomic E-state index is 0.0864. The van der Waals surface area contributed by atoms with Crippen LogP contribution in [-0.4, -0.2) is 42.0 Å². The Bertz CT molecular complexity index is 443. The second kappa shape index (κ2) is 8.81. The Kier molecular flexibility index (Phi) is 7.40. The van der Waals surface area contributed by atoms with Crippen LogP contribution < -0.4 is 5.32 Å². The summed E-state index contributed by atoms with van der Waals surface area (Å²) < 4.78 is 13.6. The molecule has 2 N–H and O–H groups in total. The van der Waals surface area contributed by atoms with Crippen molar-refractivity contribution in [2.45, 2.75) is 24.7 Å². The zero-order valence-corrected chi connectivity index (χ0v) is 12.7. The van der Waals surface area contributed by atoms with Gasteiger partial charge in [0.15, 0.2) is 0 Å². The lowest BCUT2D eigenvalue weighted by molar-refractivity contribution is 0.187. The molecular weight excluding hydrogens is 279 g/mol. The molecule has 1 aromatic carbocycles. The predicted molar refractivity (Wildman–Crippen MR) is 80.8 cm³/mol. The number of aliphatic hydroxyl groups excluding tert-OH is 1. The van der Waals surface area contributed by atoms with E-state index >= 15 is 0 Å². The zero-order chi connectivity index (χ0) is 15.0. The number of benzene rings is 1. The van der Waals surface area contributed by atoms with E-state index in [1.54, 1.807) is 18.4 Å². The number of urea groups is 1. The Balaban J connectivity index is 2.69. The van der Waals surface area contributed by atoms with E-state index in [-0.39, 0.29) is 25.0 Å². The number of aliphatic hydroxyl groups is 1. The first-order valence-electron chi connectivity index (χ1n) is 6.62. The fourth-order valence-corrected chi connectivity index (χ4v) is 2.19. The van der Waals surface area contributed by atoms with E-state index in [4.69, 9.17) is 5.11 Å². The Morgan fingerprint density at radius 1 is 1.45 bits per heavy atom. The maximum absolute atomic E-state index is 13.6. The molecule has 6 heteroatoms. The fraction of sp³-hybridized carbons (Fsp3) is 0.500. The van der Waals surface area contributed by atoms with Crippen LogP contribution in [-0.2, 0) is 0 Å². The van der Waals surface area contributed by atoms with E-state index in [2.05, 4.69) is 5.32 Å². The van der Waals surface area contributed by atoms with Crippen LogP contribution in [0.2, 0.25) is 0 Å². The van der Waals surface area contributed by atoms with Crippen LogP contribution in [0.1, 0.15) is 19.8 Å². The highest BCUT2D eigenvalue weighted by Crippen LogP contribution is 2.22. The number of amides is 2. The van der Waals surface area contributed by atoms with Gasteiger partial charge >= 0.3 is 6.03 Å². The summed E-state index contributed by atoms with van der Waals surface area (Å²) in [5, 5.41) is 11.6. The fourth-order valence-electron chi connectivity index (χ4n) is 1.73. The number of halogens is 1. The largest absolute Gasteiger partial charge is 0.395 e. The molecule has 0 heterocycles. The van der Waals surface area contributed by atoms with Gasteiger partial charge in [-0.05, 0) is 30.9 Å². The Morgan fingerprint density at radius 2 is 2.20 bits per heavy atom. The molecule has 4 nitrogen and oxygen atoms in total. The SMILES string of the molecule is CCCCN(CCO)C(=O)Nc1ccc(SC)c(F)c1. The van der Waals surface area contributed by atoms with E-state index in [9.17, 15) is 9.18 Å². The molecule has 0 saturated carbocycles. The van der Waals surface area contributed by atoms with Crippen LogP contribution in [0.5, 0.6) is 0 Å². The summed E-state index contributed by atoms with van der Waals surface area (Å²) >= 11 is 1.32. The number of thioether (sulfide) groups is 1. The third kappa shape index (κ3) is 5.02. The molecule has 0 aliphatic rings. The highest BCUT2D eigenvalue weighted by molar-refractivity contribution is 7.98. The van der Waals surface area contributed by atoms with Gasteiger partial charge in [-0.3, -0.25) is 0 Å². The summed E-state index contributed by atoms with van der Waals surface area (Å²) in [6.07, 6.45) is 3.63. The van der Waals surface area contributed by atoms with Gasteiger partial charge in [-0.2, -0.15) is 0 Å². The molecule has 0 spiro atoms. The van der Waals surface area contributed by atoms with Crippen molar-refractivity contribution in [3.63, 3.8) is 0 Å². The molecule has 0 saturated heterocycles. The molecule has 112 valence electrons. The monoisotopic (exact) mass is 300 g/mol. The second-order valence-electron chi connectivity index (χ2n) is 4.34. The van der Waals surface area contributed by atoms with Crippen LogP contribution in [0.25, 0.3) is 0 Å². The number of hydrogen-bond donors (Lipinski definition) is 2. The molecule has 0 aromatic heterocycles. The van der Waals surface area contributed by atoms with Gasteiger partial charge in [0, 0.05) is 23.7 Å². The lowest BCUT2D eigenvalue weighted by Gasteiger charge is -2.22. The van der Waals surface area contributed by atoms with E-state index in [1.807, 2.05) is 6.92 Å². The third-order valence-electron chi connectivity index (χ3n) is 2.84. The Hall–Kier alpha value is -1.27. The first kappa shape index (κ1) is 16.8. The standard InChI is InChI=1S/C14H21FN2O2S/c1-3-4-7-17(8-9-18)14(19)16-11-5-6-13(20-2)12(15)10-11/h5-6,10,18H,3-4,7-9H2,1-2H3,(H,16,19). The van der Waals surface area contributed by atoms with Crippen molar-refractivity contribution < 1.29 is 14.3 Å². The molecular formula is C14H21FN2O2S. The number of anilines is 1. The van der Waals surface area contributed by atoms with Gasteiger partial charge in [0.05, 0.1) is 6.61 Å². The molecule has 20 heavy (non-hydrogen) atoms. The van der Waals surface area contributed by atoms with Gasteiger partial charge in [0.2, 0.25) is 0 Å². The van der Waals surface area contributed by atoms with Crippen molar-refractivity contribution >= 4 is 23.5 Å². The molecule has 0 atom stereocenters. The summed E-state index contributed by atoms with van der Waals surface area (Å²) in [6, 6.07) is 4.30. The average molecular weight is 300 g/mol. The van der Waals surface area contributed by atoms with Crippen molar-refractivity contribution in [3.8, 4) is 0 Å². The lowest BCUT2D eigenvalue weighted by Crippen LogP contribution is -2.37. The van der Waals surface area contributed by atoms with Crippen molar-refractivity contribution in [2.75, 3.05) is 31.3 Å². The molecule has 0 aliphatic carbocycles. The molecule has 2 amide bonds. The molecule has 1 rings (SSSR count). The lowest BCUT2D eigenvalue weighted by atomic mass is 10.3. The number of rotatable bonds is 7. The number of hydrogen-bond acceptors (Lipinski definition) is 3. The number of carbonyl (C=O) groups excluding carboxylic acids is 1. The number of unbranched alkanes of at least 4 members (excludes halogenated alkanes) is 1. The van der Waals surface area contributed by atoms with Crippen LogP contribution in [0.15, 0.2) is 23.1 Å². The maximum atomic E-state index is 13.6. The molecule has 0 aliphatic heterocycles. The highest BCUT2D eigenvalue weighted by atomic mass is 32.2. The third-order valence-corrected chi connectivity index (χ3v) is 3.61. The van der Waals surface area contributed by atoms with Crippen LogP contribution in [0.4, 0.5) is 14.9 Å². The van der Waals surface area contributed by atoms with E-state index in [1.165, 1.54) is 22.7 Å². The van der Waals surface area contributed by atoms with Crippen molar-refractivity contribution in [2.24, 2.45) is 0 Å². The molecule has 0 bridgehead atoms. The van der Waals surface area contributed by atoms with E-state index < -0.39 is 0 Å². The summed E-state index contributed by atoms with van der Waals surface area (Å²) in [6.45, 7) is 2.80. The smallest absolute Gasteiger partial charge is 0.321 e. The molecule has 0 fully saturated rings. The molecule has 1 aromatic rings. The second-order valence-corrected chi connectivity index (χ2v) is 5.19. The molecule has 0 radical (unpaired) electrons. The Morgan fingerprint density at radius 3 is 2.75 bits per heavy atom. The van der Waals surface area contributed by atoms with Gasteiger partial charge in [-0.25, -0.2) is 9.18 Å². The summed E-state index contributed by atoms with van der Waals surface area (Å²) in [4.78, 5) is 14.1. The average Bonchev–Trinajstić information content (AvgIpc) is 2.43. The van der Waals surface area contributed by atoms with Crippen molar-refractivity contribution in [1.29, 1.82) is 0 Å². The molecule has 0 unspecified atom stereocenters. The summed E-state index contributed by atoms with van der Waals surface area (Å²) in [5.41, 5.74) is 0.421. The predicted octanol–water partition coefficient (Wildman–Crippen LogP) is 3.17. The minimum Gasteiger partial charge on any atom is -0.395 e. The van der Waals surface area contributed by atoms with E-state index in [0.29, 0.717) is 17.1 Å². The van der Waals surface area contributed by atoms with Gasteiger partial charge < -0.3 is 15.3 Å². The Labute approximate surface area is 123 Å². The van der Waals surface area contributed by atoms with Crippen LogP contribution >= 0.6 is 11.8 Å². The summed E-state index contributed by atoms with van der Waals surface area (Å²) in [5.74, 6) is -0.349. The topological polar surface area (TPSA) is 52.6 Å².